The third-order valence-corrected chi connectivity index (χ3v) is 4.78. The van der Waals surface area contributed by atoms with E-state index >= 15 is 0 Å². The first kappa shape index (κ1) is 21.6. The van der Waals surface area contributed by atoms with Gasteiger partial charge in [0.15, 0.2) is 0 Å². The van der Waals surface area contributed by atoms with Gasteiger partial charge in [-0.2, -0.15) is 18.3 Å². The van der Waals surface area contributed by atoms with Gasteiger partial charge in [0.2, 0.25) is 5.16 Å². The number of hydrogen-bond donors (Lipinski definition) is 1. The van der Waals surface area contributed by atoms with Crippen LogP contribution < -0.4 is 5.01 Å². The number of alkyl halides is 3. The quantitative estimate of drug-likeness (QED) is 0.337. The average Bonchev–Trinajstić information content (AvgIpc) is 3.21. The van der Waals surface area contributed by atoms with Crippen molar-refractivity contribution in [2.75, 3.05) is 10.8 Å². The maximum atomic E-state index is 13.1. The van der Waals surface area contributed by atoms with Gasteiger partial charge in [-0.15, -0.1) is 5.10 Å². The molecule has 0 fully saturated rings. The Morgan fingerprint density at radius 1 is 1.20 bits per heavy atom. The fraction of sp³-hybridized carbons (Fsp3) is 0.200. The molecule has 0 unspecified atom stereocenters. The van der Waals surface area contributed by atoms with Crippen LogP contribution in [0.3, 0.4) is 0 Å². The van der Waals surface area contributed by atoms with E-state index in [1.165, 1.54) is 18.3 Å². The van der Waals surface area contributed by atoms with Crippen molar-refractivity contribution in [1.29, 1.82) is 0 Å². The molecule has 3 aromatic rings. The van der Waals surface area contributed by atoms with E-state index < -0.39 is 17.6 Å². The molecule has 0 aliphatic rings. The van der Waals surface area contributed by atoms with Crippen molar-refractivity contribution >= 4 is 29.6 Å². The number of aryl methyl sites for hydroxylation is 1. The van der Waals surface area contributed by atoms with Gasteiger partial charge >= 0.3 is 6.18 Å². The van der Waals surface area contributed by atoms with Crippen LogP contribution in [0.2, 0.25) is 0 Å². The van der Waals surface area contributed by atoms with Gasteiger partial charge in [-0.25, -0.2) is 9.99 Å². The SMILES string of the molecule is CCc1nc(SCC(=O)N(N=Cc2ccccc2)c2cccc(C(F)(F)F)c2)n[nH]1. The van der Waals surface area contributed by atoms with Crippen LogP contribution in [-0.4, -0.2) is 33.1 Å². The lowest BCUT2D eigenvalue weighted by Gasteiger charge is -2.18. The van der Waals surface area contributed by atoms with Crippen molar-refractivity contribution in [1.82, 2.24) is 15.2 Å². The molecule has 0 aliphatic carbocycles. The first-order valence-electron chi connectivity index (χ1n) is 9.00. The zero-order chi connectivity index (χ0) is 21.6. The number of thioether (sulfide) groups is 1. The molecule has 30 heavy (non-hydrogen) atoms. The summed E-state index contributed by atoms with van der Waals surface area (Å²) in [5.74, 6) is 0.0831. The molecule has 1 amide bonds. The highest BCUT2D eigenvalue weighted by Crippen LogP contribution is 2.32. The number of carbonyl (C=O) groups excluding carboxylic acids is 1. The minimum absolute atomic E-state index is 0.0202. The summed E-state index contributed by atoms with van der Waals surface area (Å²) < 4.78 is 39.4. The van der Waals surface area contributed by atoms with E-state index in [9.17, 15) is 18.0 Å². The summed E-state index contributed by atoms with van der Waals surface area (Å²) in [6.45, 7) is 1.91. The maximum Gasteiger partial charge on any atom is 0.416 e. The van der Waals surface area contributed by atoms with Gasteiger partial charge in [0.05, 0.1) is 23.2 Å². The van der Waals surface area contributed by atoms with Gasteiger partial charge < -0.3 is 0 Å². The number of H-pyrrole nitrogens is 1. The van der Waals surface area contributed by atoms with Gasteiger partial charge in [0.25, 0.3) is 5.91 Å². The normalized spacial score (nSPS) is 11.7. The second-order valence-corrected chi connectivity index (χ2v) is 7.06. The molecule has 1 heterocycles. The van der Waals surface area contributed by atoms with E-state index in [-0.39, 0.29) is 11.4 Å². The molecule has 2 aromatic carbocycles. The zero-order valence-electron chi connectivity index (χ0n) is 15.9. The summed E-state index contributed by atoms with van der Waals surface area (Å²) in [5.41, 5.74) is -0.134. The van der Waals surface area contributed by atoms with Gasteiger partial charge in [-0.05, 0) is 23.8 Å². The highest BCUT2D eigenvalue weighted by atomic mass is 32.2. The Bertz CT molecular complexity index is 1020. The number of nitrogens with zero attached hydrogens (tertiary/aromatic N) is 4. The summed E-state index contributed by atoms with van der Waals surface area (Å²) in [4.78, 5) is 17.0. The predicted molar refractivity (Wildman–Crippen MR) is 109 cm³/mol. The Morgan fingerprint density at radius 3 is 2.63 bits per heavy atom. The van der Waals surface area contributed by atoms with Crippen LogP contribution in [0.1, 0.15) is 23.9 Å². The molecule has 1 aromatic heterocycles. The third-order valence-electron chi connectivity index (χ3n) is 3.95. The van der Waals surface area contributed by atoms with Crippen molar-refractivity contribution in [2.45, 2.75) is 24.7 Å². The number of aromatic nitrogens is 3. The number of anilines is 1. The number of rotatable bonds is 7. The summed E-state index contributed by atoms with van der Waals surface area (Å²) in [7, 11) is 0. The summed E-state index contributed by atoms with van der Waals surface area (Å²) >= 11 is 1.08. The topological polar surface area (TPSA) is 74.2 Å². The van der Waals surface area contributed by atoms with Crippen molar-refractivity contribution in [3.63, 3.8) is 0 Å². The number of amides is 1. The Kier molecular flexibility index (Phi) is 6.88. The van der Waals surface area contributed by atoms with E-state index in [0.717, 1.165) is 28.9 Å². The Balaban J connectivity index is 1.85. The molecule has 0 atom stereocenters. The standard InChI is InChI=1S/C20H18F3N5OS/c1-2-17-25-19(27-26-17)30-13-18(29)28(24-12-14-7-4-3-5-8-14)16-10-6-9-15(11-16)20(21,22)23/h3-12H,2,13H2,1H3,(H,25,26,27). The summed E-state index contributed by atoms with van der Waals surface area (Å²) in [5, 5.41) is 12.2. The molecule has 6 nitrogen and oxygen atoms in total. The molecule has 3 rings (SSSR count). The van der Waals surface area contributed by atoms with Crippen molar-refractivity contribution < 1.29 is 18.0 Å². The Morgan fingerprint density at radius 2 is 1.97 bits per heavy atom. The largest absolute Gasteiger partial charge is 0.416 e. The first-order valence-corrected chi connectivity index (χ1v) is 9.98. The number of hydrogen-bond acceptors (Lipinski definition) is 5. The molecular formula is C20H18F3N5OS. The van der Waals surface area contributed by atoms with E-state index in [0.29, 0.717) is 23.0 Å². The van der Waals surface area contributed by atoms with Crippen LogP contribution >= 0.6 is 11.8 Å². The lowest BCUT2D eigenvalue weighted by molar-refractivity contribution is -0.137. The molecule has 156 valence electrons. The monoisotopic (exact) mass is 433 g/mol. The number of nitrogens with one attached hydrogen (secondary N) is 1. The second kappa shape index (κ2) is 9.57. The van der Waals surface area contributed by atoms with Crippen LogP contribution in [-0.2, 0) is 17.4 Å². The average molecular weight is 433 g/mol. The minimum atomic E-state index is -4.53. The van der Waals surface area contributed by atoms with Crippen molar-refractivity contribution in [2.24, 2.45) is 5.10 Å². The first-order chi connectivity index (χ1) is 14.4. The summed E-state index contributed by atoms with van der Waals surface area (Å²) in [6, 6.07) is 13.4. The van der Waals surface area contributed by atoms with Gasteiger partial charge in [0, 0.05) is 6.42 Å². The molecule has 0 spiro atoms. The molecule has 10 heteroatoms. The lowest BCUT2D eigenvalue weighted by Crippen LogP contribution is -2.28. The Labute approximate surface area is 175 Å². The van der Waals surface area contributed by atoms with Crippen LogP contribution in [0, 0.1) is 0 Å². The third kappa shape index (κ3) is 5.69. The van der Waals surface area contributed by atoms with Gasteiger partial charge in [0.1, 0.15) is 5.82 Å². The minimum Gasteiger partial charge on any atom is -0.272 e. The van der Waals surface area contributed by atoms with Crippen molar-refractivity contribution in [3.05, 3.63) is 71.5 Å². The van der Waals surface area contributed by atoms with E-state index in [1.807, 2.05) is 13.0 Å². The van der Waals surface area contributed by atoms with Crippen molar-refractivity contribution in [3.8, 4) is 0 Å². The van der Waals surface area contributed by atoms with Crippen LogP contribution in [0.5, 0.6) is 0 Å². The highest BCUT2D eigenvalue weighted by molar-refractivity contribution is 7.99. The molecule has 0 radical (unpaired) electrons. The zero-order valence-corrected chi connectivity index (χ0v) is 16.7. The fourth-order valence-corrected chi connectivity index (χ4v) is 3.10. The lowest BCUT2D eigenvalue weighted by atomic mass is 10.2. The van der Waals surface area contributed by atoms with Crippen LogP contribution in [0.15, 0.2) is 64.9 Å². The predicted octanol–water partition coefficient (Wildman–Crippen LogP) is 4.55. The summed E-state index contributed by atoms with van der Waals surface area (Å²) in [6.07, 6.45) is -2.44. The number of benzene rings is 2. The number of aromatic amines is 1. The molecule has 0 bridgehead atoms. The highest BCUT2D eigenvalue weighted by Gasteiger charge is 2.31. The number of carbonyl (C=O) groups is 1. The maximum absolute atomic E-state index is 13.1. The molecule has 0 saturated carbocycles. The Hall–Kier alpha value is -3.14. The number of hydrazone groups is 1. The van der Waals surface area contributed by atoms with Crippen LogP contribution in [0.25, 0.3) is 0 Å². The molecule has 1 N–H and O–H groups in total. The van der Waals surface area contributed by atoms with Gasteiger partial charge in [-0.3, -0.25) is 9.89 Å². The van der Waals surface area contributed by atoms with Gasteiger partial charge in [-0.1, -0.05) is 55.1 Å². The second-order valence-electron chi connectivity index (χ2n) is 6.12. The number of halogens is 3. The van der Waals surface area contributed by atoms with Crippen LogP contribution in [0.4, 0.5) is 18.9 Å². The fourth-order valence-electron chi connectivity index (χ4n) is 2.44. The molecule has 0 saturated heterocycles. The smallest absolute Gasteiger partial charge is 0.272 e. The van der Waals surface area contributed by atoms with E-state index in [1.54, 1.807) is 24.3 Å². The van der Waals surface area contributed by atoms with E-state index in [4.69, 9.17) is 0 Å². The van der Waals surface area contributed by atoms with E-state index in [2.05, 4.69) is 20.3 Å². The molecular weight excluding hydrogens is 415 g/mol. The molecule has 0 aliphatic heterocycles.